The van der Waals surface area contributed by atoms with Crippen molar-refractivity contribution < 1.29 is 14.4 Å². The number of aryl methyl sites for hydroxylation is 1. The zero-order chi connectivity index (χ0) is 18.7. The Morgan fingerprint density at radius 3 is 2.27 bits per heavy atom. The van der Waals surface area contributed by atoms with Gasteiger partial charge in [0.1, 0.15) is 12.1 Å². The summed E-state index contributed by atoms with van der Waals surface area (Å²) in [6.07, 6.45) is 4.65. The normalized spacial score (nSPS) is 23.8. The van der Waals surface area contributed by atoms with E-state index in [0.29, 0.717) is 19.5 Å². The lowest BCUT2D eigenvalue weighted by Crippen LogP contribution is -2.45. The van der Waals surface area contributed by atoms with Crippen LogP contribution < -0.4 is 5.32 Å². The quantitative estimate of drug-likeness (QED) is 0.842. The highest BCUT2D eigenvalue weighted by Crippen LogP contribution is 2.32. The van der Waals surface area contributed by atoms with Crippen LogP contribution in [0.2, 0.25) is 0 Å². The van der Waals surface area contributed by atoms with Gasteiger partial charge >= 0.3 is 6.03 Å². The van der Waals surface area contributed by atoms with Crippen molar-refractivity contribution in [3.8, 4) is 0 Å². The fourth-order valence-corrected chi connectivity index (χ4v) is 3.80. The van der Waals surface area contributed by atoms with Crippen LogP contribution >= 0.6 is 0 Å². The van der Waals surface area contributed by atoms with Gasteiger partial charge in [0.2, 0.25) is 5.91 Å². The van der Waals surface area contributed by atoms with E-state index in [9.17, 15) is 14.4 Å². The predicted molar refractivity (Wildman–Crippen MR) is 98.4 cm³/mol. The molecular weight excluding hydrogens is 330 g/mol. The third-order valence-electron chi connectivity index (χ3n) is 5.50. The number of hydrogen-bond donors (Lipinski definition) is 1. The molecule has 2 aliphatic rings. The molecule has 6 heteroatoms. The van der Waals surface area contributed by atoms with E-state index >= 15 is 0 Å². The maximum absolute atomic E-state index is 13.1. The van der Waals surface area contributed by atoms with Gasteiger partial charge in [-0.3, -0.25) is 14.5 Å². The Morgan fingerprint density at radius 2 is 1.69 bits per heavy atom. The van der Waals surface area contributed by atoms with E-state index in [1.54, 1.807) is 4.90 Å². The van der Waals surface area contributed by atoms with Crippen molar-refractivity contribution in [3.05, 3.63) is 35.4 Å². The molecular formula is C20H27N3O3. The monoisotopic (exact) mass is 357 g/mol. The number of rotatable bonds is 4. The molecule has 0 unspecified atom stereocenters. The van der Waals surface area contributed by atoms with Gasteiger partial charge in [-0.1, -0.05) is 49.6 Å². The lowest BCUT2D eigenvalue weighted by molar-refractivity contribution is -0.139. The molecule has 1 aromatic carbocycles. The van der Waals surface area contributed by atoms with Crippen LogP contribution in [0.3, 0.4) is 0 Å². The van der Waals surface area contributed by atoms with Gasteiger partial charge in [0.15, 0.2) is 0 Å². The summed E-state index contributed by atoms with van der Waals surface area (Å²) in [5.74, 6) is -0.483. The van der Waals surface area contributed by atoms with Gasteiger partial charge in [-0.25, -0.2) is 4.79 Å². The maximum atomic E-state index is 13.1. The first-order chi connectivity index (χ1) is 12.5. The molecule has 2 saturated heterocycles. The third kappa shape index (κ3) is 3.32. The number of nitrogens with one attached hydrogen (secondary N) is 1. The first-order valence-electron chi connectivity index (χ1n) is 9.47. The van der Waals surface area contributed by atoms with Crippen molar-refractivity contribution in [3.63, 3.8) is 0 Å². The molecule has 1 aromatic rings. The van der Waals surface area contributed by atoms with Crippen molar-refractivity contribution in [2.24, 2.45) is 0 Å². The molecule has 0 saturated carbocycles. The van der Waals surface area contributed by atoms with Crippen LogP contribution in [0.5, 0.6) is 0 Å². The molecule has 4 amide bonds. The molecule has 6 nitrogen and oxygen atoms in total. The van der Waals surface area contributed by atoms with E-state index in [4.69, 9.17) is 0 Å². The van der Waals surface area contributed by atoms with Crippen LogP contribution in [0.1, 0.15) is 50.2 Å². The van der Waals surface area contributed by atoms with E-state index in [-0.39, 0.29) is 18.4 Å². The summed E-state index contributed by atoms with van der Waals surface area (Å²) < 4.78 is 0. The standard InChI is InChI=1S/C20H27N3O3/c1-3-20(16-10-8-15(2)9-11-16)18(25)23(19(26)21-20)14-17(24)22-12-6-4-5-7-13-22/h8-11H,3-7,12-14H2,1-2H3,(H,21,26)/t20-/m1/s1. The number of imide groups is 1. The van der Waals surface area contributed by atoms with Gasteiger partial charge in [0.25, 0.3) is 5.91 Å². The summed E-state index contributed by atoms with van der Waals surface area (Å²) in [5, 5.41) is 2.84. The third-order valence-corrected chi connectivity index (χ3v) is 5.50. The summed E-state index contributed by atoms with van der Waals surface area (Å²) >= 11 is 0. The topological polar surface area (TPSA) is 69.7 Å². The Morgan fingerprint density at radius 1 is 1.08 bits per heavy atom. The van der Waals surface area contributed by atoms with Gasteiger partial charge < -0.3 is 10.2 Å². The SMILES string of the molecule is CC[C@]1(c2ccc(C)cc2)NC(=O)N(CC(=O)N2CCCCCC2)C1=O. The number of hydrogen-bond acceptors (Lipinski definition) is 3. The Kier molecular flexibility index (Phi) is 5.30. The molecule has 0 spiro atoms. The summed E-state index contributed by atoms with van der Waals surface area (Å²) in [6.45, 7) is 5.08. The number of carbonyl (C=O) groups excluding carboxylic acids is 3. The molecule has 0 bridgehead atoms. The molecule has 0 radical (unpaired) electrons. The Hall–Kier alpha value is -2.37. The first-order valence-corrected chi connectivity index (χ1v) is 9.47. The van der Waals surface area contributed by atoms with E-state index in [1.165, 1.54) is 0 Å². The molecule has 0 aromatic heterocycles. The highest BCUT2D eigenvalue weighted by molar-refractivity contribution is 6.09. The van der Waals surface area contributed by atoms with E-state index in [0.717, 1.165) is 41.7 Å². The molecule has 0 aliphatic carbocycles. The highest BCUT2D eigenvalue weighted by Gasteiger charge is 2.51. The highest BCUT2D eigenvalue weighted by atomic mass is 16.2. The second-order valence-electron chi connectivity index (χ2n) is 7.24. The number of nitrogens with zero attached hydrogens (tertiary/aromatic N) is 2. The van der Waals surface area contributed by atoms with Crippen LogP contribution in [0, 0.1) is 6.92 Å². The molecule has 1 atom stereocenters. The number of likely N-dealkylation sites (tertiary alicyclic amines) is 1. The zero-order valence-corrected chi connectivity index (χ0v) is 15.6. The van der Waals surface area contributed by atoms with Crippen LogP contribution in [-0.2, 0) is 15.1 Å². The maximum Gasteiger partial charge on any atom is 0.325 e. The number of amides is 4. The average molecular weight is 357 g/mol. The second-order valence-corrected chi connectivity index (χ2v) is 7.24. The predicted octanol–water partition coefficient (Wildman–Crippen LogP) is 2.55. The minimum absolute atomic E-state index is 0.147. The van der Waals surface area contributed by atoms with Gasteiger partial charge in [-0.2, -0.15) is 0 Å². The minimum atomic E-state index is -1.08. The lowest BCUT2D eigenvalue weighted by atomic mass is 9.87. The fourth-order valence-electron chi connectivity index (χ4n) is 3.80. The first kappa shape index (κ1) is 18.4. The molecule has 140 valence electrons. The summed E-state index contributed by atoms with van der Waals surface area (Å²) in [6, 6.07) is 7.11. The van der Waals surface area contributed by atoms with Crippen LogP contribution in [0.25, 0.3) is 0 Å². The molecule has 2 heterocycles. The number of benzene rings is 1. The van der Waals surface area contributed by atoms with E-state index < -0.39 is 11.6 Å². The van der Waals surface area contributed by atoms with Crippen LogP contribution in [0.15, 0.2) is 24.3 Å². The smallest absolute Gasteiger partial charge is 0.325 e. The zero-order valence-electron chi connectivity index (χ0n) is 15.6. The molecule has 2 aliphatic heterocycles. The average Bonchev–Trinajstić information content (AvgIpc) is 2.83. The number of carbonyl (C=O) groups is 3. The summed E-state index contributed by atoms with van der Waals surface area (Å²) in [5.41, 5.74) is 0.766. The van der Waals surface area contributed by atoms with Crippen molar-refractivity contribution >= 4 is 17.8 Å². The molecule has 2 fully saturated rings. The lowest BCUT2D eigenvalue weighted by Gasteiger charge is -2.26. The van der Waals surface area contributed by atoms with E-state index in [1.807, 2.05) is 38.1 Å². The van der Waals surface area contributed by atoms with Crippen molar-refractivity contribution in [1.82, 2.24) is 15.1 Å². The van der Waals surface area contributed by atoms with Crippen molar-refractivity contribution in [1.29, 1.82) is 0 Å². The van der Waals surface area contributed by atoms with Crippen LogP contribution in [-0.4, -0.2) is 47.3 Å². The van der Waals surface area contributed by atoms with Gasteiger partial charge in [-0.05, 0) is 31.7 Å². The molecule has 26 heavy (non-hydrogen) atoms. The Balaban J connectivity index is 1.79. The van der Waals surface area contributed by atoms with Crippen molar-refractivity contribution in [2.45, 2.75) is 51.5 Å². The second kappa shape index (κ2) is 7.48. The van der Waals surface area contributed by atoms with Gasteiger partial charge in [0.05, 0.1) is 0 Å². The van der Waals surface area contributed by atoms with Crippen LogP contribution in [0.4, 0.5) is 4.79 Å². The van der Waals surface area contributed by atoms with Gasteiger partial charge in [-0.15, -0.1) is 0 Å². The Bertz CT molecular complexity index is 693. The Labute approximate surface area is 154 Å². The minimum Gasteiger partial charge on any atom is -0.341 e. The molecule has 1 N–H and O–H groups in total. The fraction of sp³-hybridized carbons (Fsp3) is 0.550. The largest absolute Gasteiger partial charge is 0.341 e. The van der Waals surface area contributed by atoms with Gasteiger partial charge in [0, 0.05) is 13.1 Å². The van der Waals surface area contributed by atoms with E-state index in [2.05, 4.69) is 5.32 Å². The van der Waals surface area contributed by atoms with Crippen molar-refractivity contribution in [2.75, 3.05) is 19.6 Å². The summed E-state index contributed by atoms with van der Waals surface area (Å²) in [7, 11) is 0. The summed E-state index contributed by atoms with van der Waals surface area (Å²) in [4.78, 5) is 41.1. The molecule has 3 rings (SSSR count). The number of urea groups is 1.